The SMILES string of the molecule is CC/C=C/c1cc(F)c(F)c(F)c1. The van der Waals surface area contributed by atoms with Crippen LogP contribution in [0, 0.1) is 17.5 Å². The summed E-state index contributed by atoms with van der Waals surface area (Å²) in [7, 11) is 0. The highest BCUT2D eigenvalue weighted by atomic mass is 19.2. The van der Waals surface area contributed by atoms with Gasteiger partial charge in [0.2, 0.25) is 0 Å². The number of halogens is 3. The van der Waals surface area contributed by atoms with Gasteiger partial charge < -0.3 is 0 Å². The predicted molar refractivity (Wildman–Crippen MR) is 45.6 cm³/mol. The van der Waals surface area contributed by atoms with Gasteiger partial charge in [0.1, 0.15) is 0 Å². The molecule has 0 N–H and O–H groups in total. The topological polar surface area (TPSA) is 0 Å². The van der Waals surface area contributed by atoms with Crippen molar-refractivity contribution in [3.8, 4) is 0 Å². The van der Waals surface area contributed by atoms with E-state index >= 15 is 0 Å². The van der Waals surface area contributed by atoms with Crippen molar-refractivity contribution >= 4 is 6.08 Å². The van der Waals surface area contributed by atoms with Crippen molar-refractivity contribution < 1.29 is 13.2 Å². The molecule has 0 heterocycles. The van der Waals surface area contributed by atoms with Crippen molar-refractivity contribution in [2.24, 2.45) is 0 Å². The first-order chi connectivity index (χ1) is 6.15. The molecule has 0 amide bonds. The molecule has 1 rings (SSSR count). The summed E-state index contributed by atoms with van der Waals surface area (Å²) in [5.74, 6) is -3.74. The molecule has 0 spiro atoms. The number of benzene rings is 1. The van der Waals surface area contributed by atoms with E-state index in [1.54, 1.807) is 12.2 Å². The van der Waals surface area contributed by atoms with E-state index in [4.69, 9.17) is 0 Å². The Kier molecular flexibility index (Phi) is 3.12. The van der Waals surface area contributed by atoms with Gasteiger partial charge in [-0.15, -0.1) is 0 Å². The normalized spacial score (nSPS) is 11.1. The summed E-state index contributed by atoms with van der Waals surface area (Å²) in [4.78, 5) is 0. The van der Waals surface area contributed by atoms with Crippen molar-refractivity contribution in [2.45, 2.75) is 13.3 Å². The van der Waals surface area contributed by atoms with Crippen molar-refractivity contribution in [2.75, 3.05) is 0 Å². The maximum atomic E-state index is 12.6. The Balaban J connectivity index is 3.06. The summed E-state index contributed by atoms with van der Waals surface area (Å²) >= 11 is 0. The molecular weight excluding hydrogens is 177 g/mol. The Bertz CT molecular complexity index is 306. The Labute approximate surface area is 74.7 Å². The van der Waals surface area contributed by atoms with Gasteiger partial charge in [0, 0.05) is 0 Å². The molecule has 0 aliphatic rings. The predicted octanol–water partition coefficient (Wildman–Crippen LogP) is 3.53. The van der Waals surface area contributed by atoms with Crippen LogP contribution in [-0.4, -0.2) is 0 Å². The van der Waals surface area contributed by atoms with Crippen LogP contribution in [0.1, 0.15) is 18.9 Å². The van der Waals surface area contributed by atoms with Gasteiger partial charge in [-0.2, -0.15) is 0 Å². The molecule has 3 heteroatoms. The third kappa shape index (κ3) is 2.34. The van der Waals surface area contributed by atoms with E-state index < -0.39 is 17.5 Å². The minimum atomic E-state index is -1.42. The number of hydrogen-bond donors (Lipinski definition) is 0. The van der Waals surface area contributed by atoms with Gasteiger partial charge >= 0.3 is 0 Å². The van der Waals surface area contributed by atoms with Crippen LogP contribution < -0.4 is 0 Å². The van der Waals surface area contributed by atoms with E-state index in [0.29, 0.717) is 5.56 Å². The molecule has 13 heavy (non-hydrogen) atoms. The Morgan fingerprint density at radius 1 is 1.15 bits per heavy atom. The molecule has 0 saturated carbocycles. The maximum absolute atomic E-state index is 12.6. The van der Waals surface area contributed by atoms with E-state index in [-0.39, 0.29) is 0 Å². The van der Waals surface area contributed by atoms with E-state index in [9.17, 15) is 13.2 Å². The summed E-state index contributed by atoms with van der Waals surface area (Å²) in [5.41, 5.74) is 0.332. The summed E-state index contributed by atoms with van der Waals surface area (Å²) in [6.07, 6.45) is 4.05. The summed E-state index contributed by atoms with van der Waals surface area (Å²) in [6, 6.07) is 1.93. The fraction of sp³-hybridized carbons (Fsp3) is 0.200. The highest BCUT2D eigenvalue weighted by Crippen LogP contribution is 2.14. The Hall–Kier alpha value is -1.25. The molecule has 1 aromatic carbocycles. The average Bonchev–Trinajstić information content (AvgIpc) is 2.10. The third-order valence-corrected chi connectivity index (χ3v) is 1.55. The molecule has 70 valence electrons. The minimum Gasteiger partial charge on any atom is -0.204 e. The first-order valence-electron chi connectivity index (χ1n) is 3.96. The lowest BCUT2D eigenvalue weighted by Gasteiger charge is -1.97. The van der Waals surface area contributed by atoms with E-state index in [2.05, 4.69) is 0 Å². The van der Waals surface area contributed by atoms with Crippen LogP contribution in [0.2, 0.25) is 0 Å². The minimum absolute atomic E-state index is 0.332. The summed E-state index contributed by atoms with van der Waals surface area (Å²) < 4.78 is 37.7. The molecule has 0 fully saturated rings. The quantitative estimate of drug-likeness (QED) is 0.620. The van der Waals surface area contributed by atoms with Crippen LogP contribution >= 0.6 is 0 Å². The molecule has 0 aliphatic heterocycles. The van der Waals surface area contributed by atoms with E-state index in [0.717, 1.165) is 18.6 Å². The fourth-order valence-corrected chi connectivity index (χ4v) is 0.925. The van der Waals surface area contributed by atoms with Gasteiger partial charge in [-0.05, 0) is 24.1 Å². The van der Waals surface area contributed by atoms with Crippen LogP contribution in [0.3, 0.4) is 0 Å². The second-order valence-electron chi connectivity index (χ2n) is 2.61. The van der Waals surface area contributed by atoms with Crippen LogP contribution in [-0.2, 0) is 0 Å². The second kappa shape index (κ2) is 4.12. The van der Waals surface area contributed by atoms with Crippen LogP contribution in [0.15, 0.2) is 18.2 Å². The van der Waals surface area contributed by atoms with Crippen molar-refractivity contribution in [1.82, 2.24) is 0 Å². The third-order valence-electron chi connectivity index (χ3n) is 1.55. The van der Waals surface area contributed by atoms with E-state index in [1.807, 2.05) is 6.92 Å². The molecule has 0 aliphatic carbocycles. The fourth-order valence-electron chi connectivity index (χ4n) is 0.925. The Morgan fingerprint density at radius 2 is 1.69 bits per heavy atom. The summed E-state index contributed by atoms with van der Waals surface area (Å²) in [6.45, 7) is 1.90. The zero-order valence-electron chi connectivity index (χ0n) is 7.15. The van der Waals surface area contributed by atoms with Gasteiger partial charge in [0.25, 0.3) is 0 Å². The molecule has 0 aromatic heterocycles. The first-order valence-corrected chi connectivity index (χ1v) is 3.96. The molecule has 0 unspecified atom stereocenters. The molecular formula is C10H9F3. The lowest BCUT2D eigenvalue weighted by Crippen LogP contribution is -1.90. The second-order valence-corrected chi connectivity index (χ2v) is 2.61. The zero-order valence-corrected chi connectivity index (χ0v) is 7.15. The number of hydrogen-bond acceptors (Lipinski definition) is 0. The van der Waals surface area contributed by atoms with Crippen molar-refractivity contribution in [1.29, 1.82) is 0 Å². The number of allylic oxidation sites excluding steroid dienone is 1. The van der Waals surface area contributed by atoms with Gasteiger partial charge in [0.15, 0.2) is 17.5 Å². The molecule has 0 radical (unpaired) electrons. The average molecular weight is 186 g/mol. The zero-order chi connectivity index (χ0) is 9.84. The molecule has 0 saturated heterocycles. The standard InChI is InChI=1S/C10H9F3/c1-2-3-4-7-5-8(11)10(13)9(12)6-7/h3-6H,2H2,1H3/b4-3+. The van der Waals surface area contributed by atoms with Gasteiger partial charge in [-0.25, -0.2) is 13.2 Å². The lowest BCUT2D eigenvalue weighted by molar-refractivity contribution is 0.447. The van der Waals surface area contributed by atoms with Crippen molar-refractivity contribution in [3.05, 3.63) is 41.2 Å². The van der Waals surface area contributed by atoms with Crippen LogP contribution in [0.5, 0.6) is 0 Å². The van der Waals surface area contributed by atoms with Gasteiger partial charge in [-0.1, -0.05) is 19.1 Å². The van der Waals surface area contributed by atoms with E-state index in [1.165, 1.54) is 0 Å². The van der Waals surface area contributed by atoms with Gasteiger partial charge in [0.05, 0.1) is 0 Å². The maximum Gasteiger partial charge on any atom is 0.194 e. The lowest BCUT2D eigenvalue weighted by atomic mass is 10.2. The smallest absolute Gasteiger partial charge is 0.194 e. The largest absolute Gasteiger partial charge is 0.204 e. The van der Waals surface area contributed by atoms with Crippen LogP contribution in [0.25, 0.3) is 6.08 Å². The summed E-state index contributed by atoms with van der Waals surface area (Å²) in [5, 5.41) is 0. The monoisotopic (exact) mass is 186 g/mol. The van der Waals surface area contributed by atoms with Gasteiger partial charge in [-0.3, -0.25) is 0 Å². The number of rotatable bonds is 2. The molecule has 0 nitrogen and oxygen atoms in total. The molecule has 0 atom stereocenters. The highest BCUT2D eigenvalue weighted by Gasteiger charge is 2.08. The van der Waals surface area contributed by atoms with Crippen LogP contribution in [0.4, 0.5) is 13.2 Å². The molecule has 1 aromatic rings. The highest BCUT2D eigenvalue weighted by molar-refractivity contribution is 5.49. The first kappa shape index (κ1) is 9.84. The Morgan fingerprint density at radius 3 is 2.15 bits per heavy atom. The van der Waals surface area contributed by atoms with Crippen molar-refractivity contribution in [3.63, 3.8) is 0 Å². The molecule has 0 bridgehead atoms.